The molecule has 1 heterocycles. The highest BCUT2D eigenvalue weighted by Gasteiger charge is 2.25. The number of nitrogen functional groups attached to an aromatic ring is 1. The fraction of sp³-hybridized carbons (Fsp3) is 0.320. The van der Waals surface area contributed by atoms with Gasteiger partial charge in [-0.3, -0.25) is 4.79 Å². The Morgan fingerprint density at radius 3 is 2.69 bits per heavy atom. The van der Waals surface area contributed by atoms with Gasteiger partial charge in [-0.05, 0) is 61.1 Å². The number of anilines is 2. The van der Waals surface area contributed by atoms with Crippen LogP contribution in [0.15, 0.2) is 36.7 Å². The molecule has 1 aliphatic rings. The molecule has 184 valence electrons. The lowest BCUT2D eigenvalue weighted by molar-refractivity contribution is 0.102. The van der Waals surface area contributed by atoms with Gasteiger partial charge < -0.3 is 21.1 Å². The predicted molar refractivity (Wildman–Crippen MR) is 127 cm³/mol. The molecule has 1 fully saturated rings. The maximum atomic E-state index is 14.6. The average molecular weight is 486 g/mol. The van der Waals surface area contributed by atoms with Gasteiger partial charge in [-0.25, -0.2) is 23.1 Å². The number of carbonyl (C=O) groups excluding carboxylic acids is 1. The first-order valence-corrected chi connectivity index (χ1v) is 11.3. The van der Waals surface area contributed by atoms with Gasteiger partial charge in [0.25, 0.3) is 5.91 Å². The van der Waals surface area contributed by atoms with Gasteiger partial charge in [-0.15, -0.1) is 0 Å². The Bertz CT molecular complexity index is 1230. The van der Waals surface area contributed by atoms with Gasteiger partial charge in [0.2, 0.25) is 0 Å². The maximum Gasteiger partial charge on any atom is 0.258 e. The van der Waals surface area contributed by atoms with E-state index in [4.69, 9.17) is 10.5 Å². The van der Waals surface area contributed by atoms with Crippen molar-refractivity contribution >= 4 is 17.4 Å². The summed E-state index contributed by atoms with van der Waals surface area (Å²) in [7, 11) is 0. The molecule has 7 nitrogen and oxygen atoms in total. The zero-order valence-electron chi connectivity index (χ0n) is 19.2. The lowest BCUT2D eigenvalue weighted by atomic mass is 10.0. The number of amides is 1. The number of carbonyl (C=O) groups is 1. The van der Waals surface area contributed by atoms with Crippen molar-refractivity contribution in [1.29, 1.82) is 0 Å². The minimum absolute atomic E-state index is 0.0487. The van der Waals surface area contributed by atoms with E-state index >= 15 is 0 Å². The van der Waals surface area contributed by atoms with Gasteiger partial charge in [0, 0.05) is 24.3 Å². The number of hydrogen-bond acceptors (Lipinski definition) is 6. The number of hydrogen-bond donors (Lipinski definition) is 3. The highest BCUT2D eigenvalue weighted by molar-refractivity contribution is 6.05. The highest BCUT2D eigenvalue weighted by atomic mass is 19.1. The number of rotatable bonds is 10. The summed E-state index contributed by atoms with van der Waals surface area (Å²) in [5.74, 6) is -1.41. The largest absolute Gasteiger partial charge is 0.486 e. The summed E-state index contributed by atoms with van der Waals surface area (Å²) in [5, 5.41) is 5.45. The van der Waals surface area contributed by atoms with Crippen LogP contribution in [0.1, 0.15) is 40.2 Å². The first-order valence-electron chi connectivity index (χ1n) is 11.3. The number of nitrogens with one attached hydrogen (secondary N) is 2. The second kappa shape index (κ2) is 10.7. The van der Waals surface area contributed by atoms with Crippen molar-refractivity contribution < 1.29 is 22.7 Å². The molecule has 0 saturated heterocycles. The van der Waals surface area contributed by atoms with E-state index in [1.807, 2.05) is 0 Å². The molecule has 35 heavy (non-hydrogen) atoms. The van der Waals surface area contributed by atoms with Crippen LogP contribution in [0.25, 0.3) is 11.3 Å². The second-order valence-corrected chi connectivity index (χ2v) is 8.32. The first kappa shape index (κ1) is 24.5. The average Bonchev–Trinajstić information content (AvgIpc) is 3.67. The molecule has 0 atom stereocenters. The van der Waals surface area contributed by atoms with Crippen molar-refractivity contribution in [2.24, 2.45) is 0 Å². The quantitative estimate of drug-likeness (QED) is 0.369. The molecule has 0 spiro atoms. The molecule has 10 heteroatoms. The number of ether oxygens (including phenoxy) is 1. The second-order valence-electron chi connectivity index (χ2n) is 8.32. The summed E-state index contributed by atoms with van der Waals surface area (Å²) >= 11 is 0. The van der Waals surface area contributed by atoms with Crippen molar-refractivity contribution in [3.8, 4) is 17.0 Å². The van der Waals surface area contributed by atoms with E-state index in [0.717, 1.165) is 24.5 Å². The molecule has 1 aromatic heterocycles. The topological polar surface area (TPSA) is 102 Å². The number of alkyl halides is 1. The van der Waals surface area contributed by atoms with Gasteiger partial charge in [0.05, 0.1) is 5.56 Å². The lowest BCUT2D eigenvalue weighted by Crippen LogP contribution is -2.23. The summed E-state index contributed by atoms with van der Waals surface area (Å²) in [4.78, 5) is 21.0. The third-order valence-corrected chi connectivity index (χ3v) is 5.79. The zero-order chi connectivity index (χ0) is 24.9. The number of aromatic nitrogens is 2. The molecule has 0 radical (unpaired) electrons. The standard InChI is InChI=1S/C25H26F3N5O2/c1-14-19(22-23(24(29)32-13-31-22)35-9-8-30-7-6-26)11-17(27)12-21(14)33-25(34)18-5-4-16(10-20(18)28)15-2-3-15/h4-5,10-13,15,30H,2-3,6-9H2,1H3,(H,33,34)(H2,29,31,32). The van der Waals surface area contributed by atoms with Crippen LogP contribution >= 0.6 is 0 Å². The predicted octanol–water partition coefficient (Wildman–Crippen LogP) is 4.38. The fourth-order valence-electron chi connectivity index (χ4n) is 3.77. The van der Waals surface area contributed by atoms with Crippen LogP contribution < -0.4 is 21.1 Å². The number of nitrogens with zero attached hydrogens (tertiary/aromatic N) is 2. The van der Waals surface area contributed by atoms with Gasteiger partial charge in [0.1, 0.15) is 36.9 Å². The van der Waals surface area contributed by atoms with E-state index in [0.29, 0.717) is 23.6 Å². The fourth-order valence-corrected chi connectivity index (χ4v) is 3.77. The molecule has 0 unspecified atom stereocenters. The highest BCUT2D eigenvalue weighted by Crippen LogP contribution is 2.40. The number of nitrogens with two attached hydrogens (primary N) is 1. The van der Waals surface area contributed by atoms with E-state index in [1.54, 1.807) is 13.0 Å². The van der Waals surface area contributed by atoms with Gasteiger partial charge in [-0.1, -0.05) is 6.07 Å². The zero-order valence-corrected chi connectivity index (χ0v) is 19.2. The van der Waals surface area contributed by atoms with E-state index in [1.165, 1.54) is 24.5 Å². The molecule has 0 aliphatic heterocycles. The number of benzene rings is 2. The monoisotopic (exact) mass is 485 g/mol. The molecule has 2 aromatic carbocycles. The molecule has 1 aliphatic carbocycles. The van der Waals surface area contributed by atoms with Crippen LogP contribution in [0.2, 0.25) is 0 Å². The Labute approximate surface area is 200 Å². The normalized spacial score (nSPS) is 13.0. The van der Waals surface area contributed by atoms with Crippen molar-refractivity contribution in [2.45, 2.75) is 25.7 Å². The summed E-state index contributed by atoms with van der Waals surface area (Å²) in [6.45, 7) is 1.85. The SMILES string of the molecule is Cc1c(NC(=O)c2ccc(C3CC3)cc2F)cc(F)cc1-c1ncnc(N)c1OCCNCCF. The van der Waals surface area contributed by atoms with Crippen LogP contribution in [-0.4, -0.2) is 42.2 Å². The number of halogens is 3. The van der Waals surface area contributed by atoms with Crippen molar-refractivity contribution in [3.05, 3.63) is 65.0 Å². The summed E-state index contributed by atoms with van der Waals surface area (Å²) in [5.41, 5.74) is 7.91. The van der Waals surface area contributed by atoms with E-state index in [9.17, 15) is 18.0 Å². The maximum absolute atomic E-state index is 14.6. The van der Waals surface area contributed by atoms with Crippen LogP contribution in [0.3, 0.4) is 0 Å². The molecule has 3 aromatic rings. The van der Waals surface area contributed by atoms with Crippen molar-refractivity contribution in [2.75, 3.05) is 37.4 Å². The van der Waals surface area contributed by atoms with Crippen molar-refractivity contribution in [3.63, 3.8) is 0 Å². The Balaban J connectivity index is 1.60. The van der Waals surface area contributed by atoms with Crippen molar-refractivity contribution in [1.82, 2.24) is 15.3 Å². The first-order chi connectivity index (χ1) is 16.9. The minimum atomic E-state index is -0.692. The van der Waals surface area contributed by atoms with E-state index in [-0.39, 0.29) is 41.7 Å². The molecular weight excluding hydrogens is 459 g/mol. The Morgan fingerprint density at radius 1 is 1.17 bits per heavy atom. The van der Waals surface area contributed by atoms with E-state index in [2.05, 4.69) is 20.6 Å². The summed E-state index contributed by atoms with van der Waals surface area (Å²) in [6, 6.07) is 6.97. The third kappa shape index (κ3) is 5.71. The molecule has 4 rings (SSSR count). The Morgan fingerprint density at radius 2 is 1.97 bits per heavy atom. The van der Waals surface area contributed by atoms with Gasteiger partial charge in [0.15, 0.2) is 11.6 Å². The molecule has 1 amide bonds. The van der Waals surface area contributed by atoms with Crippen LogP contribution in [0.4, 0.5) is 24.7 Å². The third-order valence-electron chi connectivity index (χ3n) is 5.79. The minimum Gasteiger partial charge on any atom is -0.486 e. The lowest BCUT2D eigenvalue weighted by Gasteiger charge is -2.17. The van der Waals surface area contributed by atoms with Crippen LogP contribution in [0, 0.1) is 18.6 Å². The molecular formula is C25H26F3N5O2. The van der Waals surface area contributed by atoms with Gasteiger partial charge >= 0.3 is 0 Å². The van der Waals surface area contributed by atoms with E-state index < -0.39 is 24.2 Å². The van der Waals surface area contributed by atoms with Crippen LogP contribution in [0.5, 0.6) is 5.75 Å². The smallest absolute Gasteiger partial charge is 0.258 e. The summed E-state index contributed by atoms with van der Waals surface area (Å²) < 4.78 is 47.2. The molecule has 1 saturated carbocycles. The Kier molecular flexibility index (Phi) is 7.50. The molecule has 0 bridgehead atoms. The molecule has 4 N–H and O–H groups in total. The van der Waals surface area contributed by atoms with Crippen LogP contribution in [-0.2, 0) is 0 Å². The summed E-state index contributed by atoms with van der Waals surface area (Å²) in [6.07, 6.45) is 3.26. The Hall–Kier alpha value is -3.66. The van der Waals surface area contributed by atoms with Gasteiger partial charge in [-0.2, -0.15) is 0 Å².